The van der Waals surface area contributed by atoms with E-state index in [1.165, 1.54) is 18.4 Å². The molecule has 0 aliphatic rings. The third-order valence-corrected chi connectivity index (χ3v) is 8.11. The van der Waals surface area contributed by atoms with Gasteiger partial charge in [0.15, 0.2) is 5.16 Å². The van der Waals surface area contributed by atoms with Crippen LogP contribution in [0.15, 0.2) is 52.5 Å². The molecular formula is C22H26N6O2S2. The minimum atomic E-state index is -3.51. The van der Waals surface area contributed by atoms with Crippen LogP contribution in [0.2, 0.25) is 0 Å². The minimum absolute atomic E-state index is 0.241. The van der Waals surface area contributed by atoms with Crippen LogP contribution in [-0.2, 0) is 22.3 Å². The highest BCUT2D eigenvalue weighted by Crippen LogP contribution is 2.29. The third kappa shape index (κ3) is 3.94. The summed E-state index contributed by atoms with van der Waals surface area (Å²) >= 11 is 1.56. The van der Waals surface area contributed by atoms with E-state index in [9.17, 15) is 8.42 Å². The lowest BCUT2D eigenvalue weighted by Crippen LogP contribution is -2.22. The number of hydrogen-bond donors (Lipinski definition) is 0. The molecule has 168 valence electrons. The molecule has 0 bridgehead atoms. The largest absolute Gasteiger partial charge is 0.328 e. The summed E-state index contributed by atoms with van der Waals surface area (Å²) in [7, 11) is -0.461. The molecule has 4 rings (SSSR count). The molecule has 0 aliphatic heterocycles. The number of rotatable bonds is 7. The van der Waals surface area contributed by atoms with E-state index < -0.39 is 10.0 Å². The zero-order chi connectivity index (χ0) is 23.0. The number of para-hydroxylation sites is 1. The maximum Gasteiger partial charge on any atom is 0.242 e. The molecule has 4 aromatic rings. The molecule has 2 aromatic carbocycles. The van der Waals surface area contributed by atoms with Crippen molar-refractivity contribution >= 4 is 32.8 Å². The fourth-order valence-corrected chi connectivity index (χ4v) is 5.51. The third-order valence-electron chi connectivity index (χ3n) is 5.38. The molecule has 0 amide bonds. The van der Waals surface area contributed by atoms with E-state index >= 15 is 0 Å². The number of thioether (sulfide) groups is 1. The van der Waals surface area contributed by atoms with Crippen LogP contribution in [0.1, 0.15) is 24.1 Å². The predicted molar refractivity (Wildman–Crippen MR) is 127 cm³/mol. The van der Waals surface area contributed by atoms with Crippen molar-refractivity contribution in [2.24, 2.45) is 0 Å². The summed E-state index contributed by atoms with van der Waals surface area (Å²) in [6.45, 7) is 6.80. The monoisotopic (exact) mass is 470 g/mol. The highest BCUT2D eigenvalue weighted by molar-refractivity contribution is 7.98. The molecule has 2 heterocycles. The Hall–Kier alpha value is -2.69. The number of benzene rings is 2. The number of imidazole rings is 1. The first-order valence-electron chi connectivity index (χ1n) is 10.3. The van der Waals surface area contributed by atoms with Crippen LogP contribution in [0.5, 0.6) is 0 Å². The van der Waals surface area contributed by atoms with Crippen molar-refractivity contribution in [3.8, 4) is 5.69 Å². The van der Waals surface area contributed by atoms with Gasteiger partial charge in [-0.15, -0.1) is 10.2 Å². The summed E-state index contributed by atoms with van der Waals surface area (Å²) in [6.07, 6.45) is 0. The summed E-state index contributed by atoms with van der Waals surface area (Å²) in [5.74, 6) is 2.27. The van der Waals surface area contributed by atoms with Gasteiger partial charge in [-0.1, -0.05) is 30.0 Å². The molecule has 2 aromatic heterocycles. The maximum atomic E-state index is 12.5. The summed E-state index contributed by atoms with van der Waals surface area (Å²) in [5, 5.41) is 9.45. The van der Waals surface area contributed by atoms with E-state index in [1.807, 2.05) is 25.1 Å². The second-order valence-corrected chi connectivity index (χ2v) is 10.7. The first-order chi connectivity index (χ1) is 15.2. The molecule has 0 radical (unpaired) electrons. The summed E-state index contributed by atoms with van der Waals surface area (Å²) in [6, 6.07) is 13.3. The van der Waals surface area contributed by atoms with Crippen molar-refractivity contribution in [1.82, 2.24) is 28.6 Å². The highest BCUT2D eigenvalue weighted by Gasteiger charge is 2.20. The number of aryl methyl sites for hydroxylation is 3. The minimum Gasteiger partial charge on any atom is -0.328 e. The van der Waals surface area contributed by atoms with Gasteiger partial charge in [0.1, 0.15) is 11.6 Å². The predicted octanol–water partition coefficient (Wildman–Crippen LogP) is 3.80. The van der Waals surface area contributed by atoms with E-state index in [0.29, 0.717) is 11.3 Å². The average Bonchev–Trinajstić information content (AvgIpc) is 3.31. The number of fused-ring (bicyclic) bond motifs is 1. The lowest BCUT2D eigenvalue weighted by molar-refractivity contribution is 0.521. The molecule has 0 spiro atoms. The van der Waals surface area contributed by atoms with E-state index in [-0.39, 0.29) is 4.90 Å². The van der Waals surface area contributed by atoms with Gasteiger partial charge in [-0.05, 0) is 50.6 Å². The normalized spacial score (nSPS) is 12.2. The molecule has 0 aliphatic carbocycles. The van der Waals surface area contributed by atoms with Gasteiger partial charge in [-0.25, -0.2) is 17.7 Å². The van der Waals surface area contributed by atoms with Crippen molar-refractivity contribution in [1.29, 1.82) is 0 Å². The van der Waals surface area contributed by atoms with Gasteiger partial charge in [0.05, 0.1) is 27.4 Å². The Morgan fingerprint density at radius 1 is 1.06 bits per heavy atom. The smallest absolute Gasteiger partial charge is 0.242 e. The molecule has 0 saturated carbocycles. The standard InChI is InChI=1S/C22H26N6O2S2/c1-6-27-20-12-11-17(32(29,30)26(4)5)13-18(20)23-21(27)14-31-22-25-24-16(3)28(22)19-10-8-7-9-15(19)2/h7-13H,6,14H2,1-5H3. The molecule has 0 saturated heterocycles. The van der Waals surface area contributed by atoms with E-state index in [2.05, 4.69) is 45.3 Å². The number of sulfonamides is 1. The molecule has 10 heteroatoms. The van der Waals surface area contributed by atoms with Crippen molar-refractivity contribution in [2.75, 3.05) is 14.1 Å². The topological polar surface area (TPSA) is 85.9 Å². The summed E-state index contributed by atoms with van der Waals surface area (Å²) in [5.41, 5.74) is 3.78. The molecule has 0 fully saturated rings. The second kappa shape index (κ2) is 8.68. The zero-order valence-electron chi connectivity index (χ0n) is 18.8. The van der Waals surface area contributed by atoms with E-state index in [4.69, 9.17) is 4.98 Å². The van der Waals surface area contributed by atoms with E-state index in [1.54, 1.807) is 23.9 Å². The Bertz CT molecular complexity index is 1390. The van der Waals surface area contributed by atoms with Gasteiger partial charge in [-0.2, -0.15) is 0 Å². The van der Waals surface area contributed by atoms with Crippen LogP contribution in [0, 0.1) is 13.8 Å². The van der Waals surface area contributed by atoms with Gasteiger partial charge in [-0.3, -0.25) is 4.57 Å². The van der Waals surface area contributed by atoms with Crippen molar-refractivity contribution < 1.29 is 8.42 Å². The summed E-state index contributed by atoms with van der Waals surface area (Å²) in [4.78, 5) is 5.00. The van der Waals surface area contributed by atoms with Crippen LogP contribution in [-0.4, -0.2) is 51.1 Å². The molecular weight excluding hydrogens is 444 g/mol. The van der Waals surface area contributed by atoms with Gasteiger partial charge in [0, 0.05) is 20.6 Å². The van der Waals surface area contributed by atoms with Gasteiger partial charge in [0.25, 0.3) is 0 Å². The molecule has 32 heavy (non-hydrogen) atoms. The second-order valence-electron chi connectivity index (χ2n) is 7.65. The molecule has 0 N–H and O–H groups in total. The molecule has 0 unspecified atom stereocenters. The van der Waals surface area contributed by atoms with Crippen LogP contribution >= 0.6 is 11.8 Å². The van der Waals surface area contributed by atoms with Crippen LogP contribution in [0.25, 0.3) is 16.7 Å². The lowest BCUT2D eigenvalue weighted by atomic mass is 10.2. The first-order valence-corrected chi connectivity index (χ1v) is 12.7. The number of hydrogen-bond acceptors (Lipinski definition) is 6. The Labute approximate surface area is 192 Å². The fourth-order valence-electron chi connectivity index (χ4n) is 3.65. The van der Waals surface area contributed by atoms with Crippen molar-refractivity contribution in [2.45, 2.75) is 43.1 Å². The Morgan fingerprint density at radius 2 is 1.81 bits per heavy atom. The Balaban J connectivity index is 1.68. The number of nitrogens with zero attached hydrogens (tertiary/aromatic N) is 6. The number of aromatic nitrogens is 5. The fraction of sp³-hybridized carbons (Fsp3) is 0.318. The highest BCUT2D eigenvalue weighted by atomic mass is 32.2. The average molecular weight is 471 g/mol. The first kappa shape index (κ1) is 22.5. The SMILES string of the molecule is CCn1c(CSc2nnc(C)n2-c2ccccc2C)nc2cc(S(=O)(=O)N(C)C)ccc21. The maximum absolute atomic E-state index is 12.5. The van der Waals surface area contributed by atoms with Crippen LogP contribution < -0.4 is 0 Å². The molecule has 0 atom stereocenters. The Morgan fingerprint density at radius 3 is 2.50 bits per heavy atom. The van der Waals surface area contributed by atoms with Gasteiger partial charge in [0.2, 0.25) is 10.0 Å². The van der Waals surface area contributed by atoms with Crippen LogP contribution in [0.4, 0.5) is 0 Å². The van der Waals surface area contributed by atoms with Crippen molar-refractivity contribution in [3.05, 3.63) is 59.7 Å². The molecule has 8 nitrogen and oxygen atoms in total. The quantitative estimate of drug-likeness (QED) is 0.382. The van der Waals surface area contributed by atoms with Crippen LogP contribution in [0.3, 0.4) is 0 Å². The Kier molecular flexibility index (Phi) is 6.11. The van der Waals surface area contributed by atoms with Crippen molar-refractivity contribution in [3.63, 3.8) is 0 Å². The van der Waals surface area contributed by atoms with Gasteiger partial charge >= 0.3 is 0 Å². The van der Waals surface area contributed by atoms with E-state index in [0.717, 1.165) is 40.1 Å². The van der Waals surface area contributed by atoms with Gasteiger partial charge < -0.3 is 4.57 Å². The summed E-state index contributed by atoms with van der Waals surface area (Å²) < 4.78 is 30.4. The lowest BCUT2D eigenvalue weighted by Gasteiger charge is -2.11. The zero-order valence-corrected chi connectivity index (χ0v) is 20.4.